The number of hydrogen-bond acceptors (Lipinski definition) is 5. The number of rotatable bonds is 5. The maximum atomic E-state index is 6.13. The number of benzene rings is 2. The van der Waals surface area contributed by atoms with E-state index in [2.05, 4.69) is 20.7 Å². The summed E-state index contributed by atoms with van der Waals surface area (Å²) in [6, 6.07) is 17.4. The van der Waals surface area contributed by atoms with Gasteiger partial charge in [0.1, 0.15) is 10.8 Å². The van der Waals surface area contributed by atoms with Crippen molar-refractivity contribution in [3.05, 3.63) is 82.1 Å². The van der Waals surface area contributed by atoms with E-state index in [1.165, 1.54) is 6.20 Å². The minimum Gasteiger partial charge on any atom is -0.497 e. The minimum absolute atomic E-state index is 0.118. The first-order chi connectivity index (χ1) is 12.2. The highest BCUT2D eigenvalue weighted by atomic mass is 35.5. The molecule has 3 rings (SSSR count). The number of aromatic nitrogens is 2. The van der Waals surface area contributed by atoms with Gasteiger partial charge >= 0.3 is 0 Å². The number of methoxy groups -OCH3 is 1. The molecule has 1 heterocycles. The van der Waals surface area contributed by atoms with Crippen LogP contribution in [0.25, 0.3) is 0 Å². The van der Waals surface area contributed by atoms with Crippen molar-refractivity contribution in [2.45, 2.75) is 0 Å². The molecule has 0 radical (unpaired) electrons. The van der Waals surface area contributed by atoms with Crippen LogP contribution in [0.15, 0.2) is 65.9 Å². The van der Waals surface area contributed by atoms with Crippen LogP contribution in [0.2, 0.25) is 10.2 Å². The van der Waals surface area contributed by atoms with Crippen molar-refractivity contribution in [3.8, 4) is 5.75 Å². The molecule has 0 saturated heterocycles. The molecule has 2 aromatic carbocycles. The molecular weight excluding hydrogens is 359 g/mol. The molecule has 0 bridgehead atoms. The molecule has 3 aromatic rings. The Bertz CT molecular complexity index is 883. The normalized spacial score (nSPS) is 11.2. The van der Waals surface area contributed by atoms with E-state index >= 15 is 0 Å². The number of hydrogen-bond donors (Lipinski definition) is 1. The number of nitrogens with one attached hydrogen (secondary N) is 1. The Morgan fingerprint density at radius 2 is 1.68 bits per heavy atom. The standard InChI is InChI=1S/C18H14Cl2N4O/c1-25-14-9-7-13(8-10-14)17(12-5-3-2-4-6-12)23-22-15-11-21-24-18(20)16(15)19/h2-11H,1H3,(H,22,24)/b23-17+. The summed E-state index contributed by atoms with van der Waals surface area (Å²) in [7, 11) is 1.63. The number of ether oxygens (including phenoxy) is 1. The van der Waals surface area contributed by atoms with Crippen LogP contribution < -0.4 is 10.2 Å². The van der Waals surface area contributed by atoms with Crippen molar-refractivity contribution in [2.24, 2.45) is 5.10 Å². The average Bonchev–Trinajstić information content (AvgIpc) is 2.66. The summed E-state index contributed by atoms with van der Waals surface area (Å²) in [5.41, 5.74) is 6.00. The zero-order valence-electron chi connectivity index (χ0n) is 13.3. The summed E-state index contributed by atoms with van der Waals surface area (Å²) in [6.45, 7) is 0. The fraction of sp³-hybridized carbons (Fsp3) is 0.0556. The summed E-state index contributed by atoms with van der Waals surface area (Å²) in [6.07, 6.45) is 1.47. The molecule has 0 spiro atoms. The Morgan fingerprint density at radius 1 is 1.00 bits per heavy atom. The van der Waals surface area contributed by atoms with Crippen LogP contribution >= 0.6 is 23.2 Å². The summed E-state index contributed by atoms with van der Waals surface area (Å²) < 4.78 is 5.21. The van der Waals surface area contributed by atoms with Gasteiger partial charge in [0.25, 0.3) is 0 Å². The molecule has 0 atom stereocenters. The number of anilines is 1. The molecule has 1 aromatic heterocycles. The Kier molecular flexibility index (Phi) is 5.48. The van der Waals surface area contributed by atoms with Crippen LogP contribution in [-0.2, 0) is 0 Å². The molecular formula is C18H14Cl2N4O. The molecule has 0 aliphatic carbocycles. The monoisotopic (exact) mass is 372 g/mol. The summed E-state index contributed by atoms with van der Waals surface area (Å²) in [4.78, 5) is 0. The van der Waals surface area contributed by atoms with Crippen molar-refractivity contribution in [1.29, 1.82) is 0 Å². The summed E-state index contributed by atoms with van der Waals surface area (Å²) in [5.74, 6) is 0.775. The van der Waals surface area contributed by atoms with Gasteiger partial charge in [-0.05, 0) is 24.3 Å². The third-order valence-electron chi connectivity index (χ3n) is 3.45. The Labute approximate surface area is 155 Å². The van der Waals surface area contributed by atoms with Crippen molar-refractivity contribution >= 4 is 34.6 Å². The second-order valence-corrected chi connectivity index (χ2v) is 5.77. The molecule has 0 saturated carbocycles. The first-order valence-corrected chi connectivity index (χ1v) is 8.15. The third-order valence-corrected chi connectivity index (χ3v) is 4.19. The van der Waals surface area contributed by atoms with E-state index in [4.69, 9.17) is 27.9 Å². The van der Waals surface area contributed by atoms with Gasteiger partial charge < -0.3 is 4.74 Å². The van der Waals surface area contributed by atoms with Gasteiger partial charge in [-0.2, -0.15) is 10.2 Å². The van der Waals surface area contributed by atoms with Gasteiger partial charge in [0.05, 0.1) is 24.7 Å². The van der Waals surface area contributed by atoms with E-state index in [1.807, 2.05) is 54.6 Å². The predicted molar refractivity (Wildman–Crippen MR) is 101 cm³/mol. The van der Waals surface area contributed by atoms with Crippen molar-refractivity contribution in [2.75, 3.05) is 12.5 Å². The van der Waals surface area contributed by atoms with E-state index in [9.17, 15) is 0 Å². The maximum absolute atomic E-state index is 6.13. The average molecular weight is 373 g/mol. The van der Waals surface area contributed by atoms with Gasteiger partial charge in [0.15, 0.2) is 5.15 Å². The zero-order chi connectivity index (χ0) is 17.6. The van der Waals surface area contributed by atoms with Crippen LogP contribution in [0.4, 0.5) is 5.69 Å². The molecule has 0 amide bonds. The first kappa shape index (κ1) is 17.2. The van der Waals surface area contributed by atoms with Gasteiger partial charge in [-0.15, -0.1) is 5.10 Å². The second kappa shape index (κ2) is 7.96. The summed E-state index contributed by atoms with van der Waals surface area (Å²) in [5, 5.41) is 12.4. The fourth-order valence-corrected chi connectivity index (χ4v) is 2.46. The largest absolute Gasteiger partial charge is 0.497 e. The highest BCUT2D eigenvalue weighted by Crippen LogP contribution is 2.27. The van der Waals surface area contributed by atoms with E-state index in [0.717, 1.165) is 22.6 Å². The van der Waals surface area contributed by atoms with E-state index in [0.29, 0.717) is 5.69 Å². The van der Waals surface area contributed by atoms with Gasteiger partial charge in [0, 0.05) is 11.1 Å². The van der Waals surface area contributed by atoms with Gasteiger partial charge in [-0.25, -0.2) is 0 Å². The quantitative estimate of drug-likeness (QED) is 0.522. The van der Waals surface area contributed by atoms with Crippen molar-refractivity contribution < 1.29 is 4.74 Å². The first-order valence-electron chi connectivity index (χ1n) is 7.39. The lowest BCUT2D eigenvalue weighted by molar-refractivity contribution is 0.415. The van der Waals surface area contributed by atoms with E-state index in [1.54, 1.807) is 7.11 Å². The molecule has 0 aliphatic heterocycles. The van der Waals surface area contributed by atoms with Gasteiger partial charge in [-0.1, -0.05) is 53.5 Å². The zero-order valence-corrected chi connectivity index (χ0v) is 14.8. The smallest absolute Gasteiger partial charge is 0.172 e. The van der Waals surface area contributed by atoms with Crippen LogP contribution in [0.5, 0.6) is 5.75 Å². The topological polar surface area (TPSA) is 59.4 Å². The SMILES string of the molecule is COc1ccc(/C(=N/Nc2cnnc(Cl)c2Cl)c2ccccc2)cc1. The van der Waals surface area contributed by atoms with Gasteiger partial charge in [-0.3, -0.25) is 5.43 Å². The second-order valence-electron chi connectivity index (χ2n) is 5.03. The predicted octanol–water partition coefficient (Wildman–Crippen LogP) is 4.66. The molecule has 0 aliphatic rings. The number of nitrogens with zero attached hydrogens (tertiary/aromatic N) is 3. The molecule has 5 nitrogen and oxygen atoms in total. The molecule has 0 unspecified atom stereocenters. The van der Waals surface area contributed by atoms with Crippen LogP contribution in [-0.4, -0.2) is 23.0 Å². The van der Waals surface area contributed by atoms with Crippen LogP contribution in [0.3, 0.4) is 0 Å². The highest BCUT2D eigenvalue weighted by Gasteiger charge is 2.10. The molecule has 1 N–H and O–H groups in total. The lowest BCUT2D eigenvalue weighted by atomic mass is 10.0. The van der Waals surface area contributed by atoms with Crippen molar-refractivity contribution in [1.82, 2.24) is 10.2 Å². The van der Waals surface area contributed by atoms with E-state index < -0.39 is 0 Å². The molecule has 25 heavy (non-hydrogen) atoms. The van der Waals surface area contributed by atoms with Crippen LogP contribution in [0.1, 0.15) is 11.1 Å². The molecule has 0 fully saturated rings. The van der Waals surface area contributed by atoms with Gasteiger partial charge in [0.2, 0.25) is 0 Å². The lowest BCUT2D eigenvalue weighted by Crippen LogP contribution is -2.07. The molecule has 126 valence electrons. The molecule has 7 heteroatoms. The van der Waals surface area contributed by atoms with Crippen molar-refractivity contribution in [3.63, 3.8) is 0 Å². The van der Waals surface area contributed by atoms with Crippen LogP contribution in [0, 0.1) is 0 Å². The number of halogens is 2. The Morgan fingerprint density at radius 3 is 2.36 bits per heavy atom. The Balaban J connectivity index is 2.00. The highest BCUT2D eigenvalue weighted by molar-refractivity contribution is 6.42. The number of hydrazone groups is 1. The summed E-state index contributed by atoms with van der Waals surface area (Å²) >= 11 is 12.0. The maximum Gasteiger partial charge on any atom is 0.172 e. The third kappa shape index (κ3) is 4.07. The Hall–Kier alpha value is -2.63. The fourth-order valence-electron chi connectivity index (χ4n) is 2.18. The lowest BCUT2D eigenvalue weighted by Gasteiger charge is -2.10. The van der Waals surface area contributed by atoms with E-state index in [-0.39, 0.29) is 10.2 Å². The minimum atomic E-state index is 0.118.